The largest absolute Gasteiger partial charge is 0.376 e. The van der Waals surface area contributed by atoms with Gasteiger partial charge in [-0.15, -0.1) is 0 Å². The molecular formula is C18H22N2O2S. The van der Waals surface area contributed by atoms with Crippen molar-refractivity contribution in [2.45, 2.75) is 31.4 Å². The topological polar surface area (TPSA) is 45.3 Å². The van der Waals surface area contributed by atoms with E-state index < -0.39 is 0 Å². The van der Waals surface area contributed by atoms with Crippen LogP contribution in [0.1, 0.15) is 29.6 Å². The molecule has 0 saturated carbocycles. The van der Waals surface area contributed by atoms with E-state index >= 15 is 0 Å². The van der Waals surface area contributed by atoms with Crippen LogP contribution in [0.15, 0.2) is 30.5 Å². The van der Waals surface area contributed by atoms with Crippen molar-refractivity contribution in [2.75, 3.05) is 24.7 Å². The van der Waals surface area contributed by atoms with Crippen molar-refractivity contribution < 1.29 is 9.53 Å². The zero-order valence-corrected chi connectivity index (χ0v) is 14.0. The third kappa shape index (κ3) is 3.00. The number of carbonyl (C=O) groups is 1. The summed E-state index contributed by atoms with van der Waals surface area (Å²) in [5.74, 6) is 2.33. The zero-order valence-electron chi connectivity index (χ0n) is 13.2. The lowest BCUT2D eigenvalue weighted by atomic mass is 10.1. The number of amides is 1. The second-order valence-corrected chi connectivity index (χ2v) is 7.51. The molecule has 122 valence electrons. The molecule has 2 aliphatic heterocycles. The van der Waals surface area contributed by atoms with Crippen LogP contribution < -0.4 is 0 Å². The van der Waals surface area contributed by atoms with E-state index in [0.29, 0.717) is 6.04 Å². The van der Waals surface area contributed by atoms with Gasteiger partial charge in [0.2, 0.25) is 0 Å². The Morgan fingerprint density at radius 2 is 2.30 bits per heavy atom. The molecule has 3 heterocycles. The highest BCUT2D eigenvalue weighted by Gasteiger charge is 2.31. The van der Waals surface area contributed by atoms with Crippen molar-refractivity contribution >= 4 is 28.6 Å². The van der Waals surface area contributed by atoms with Crippen LogP contribution in [0.5, 0.6) is 0 Å². The number of nitrogens with one attached hydrogen (secondary N) is 1. The number of rotatable bonds is 4. The maximum absolute atomic E-state index is 13.3. The summed E-state index contributed by atoms with van der Waals surface area (Å²) >= 11 is 1.94. The van der Waals surface area contributed by atoms with Gasteiger partial charge in [0.1, 0.15) is 0 Å². The molecule has 2 saturated heterocycles. The van der Waals surface area contributed by atoms with Crippen molar-refractivity contribution in [3.05, 3.63) is 36.0 Å². The fraction of sp³-hybridized carbons (Fsp3) is 0.500. The van der Waals surface area contributed by atoms with Gasteiger partial charge in [-0.25, -0.2) is 0 Å². The van der Waals surface area contributed by atoms with Crippen LogP contribution >= 0.6 is 11.8 Å². The van der Waals surface area contributed by atoms with Gasteiger partial charge in [-0.2, -0.15) is 11.8 Å². The Morgan fingerprint density at radius 1 is 1.35 bits per heavy atom. The van der Waals surface area contributed by atoms with Crippen LogP contribution in [0.2, 0.25) is 0 Å². The number of ether oxygens (including phenoxy) is 1. The first-order valence-electron chi connectivity index (χ1n) is 8.39. The molecule has 1 aromatic carbocycles. The molecule has 2 aliphatic rings. The number of nitrogens with zero attached hydrogens (tertiary/aromatic N) is 1. The molecule has 23 heavy (non-hydrogen) atoms. The molecule has 1 N–H and O–H groups in total. The maximum Gasteiger partial charge on any atom is 0.256 e. The fourth-order valence-corrected chi connectivity index (χ4v) is 4.82. The summed E-state index contributed by atoms with van der Waals surface area (Å²) in [6.07, 6.45) is 5.36. The number of para-hydroxylation sites is 1. The highest BCUT2D eigenvalue weighted by Crippen LogP contribution is 2.27. The number of H-pyrrole nitrogens is 1. The molecule has 0 radical (unpaired) electrons. The van der Waals surface area contributed by atoms with Crippen LogP contribution in [-0.4, -0.2) is 52.6 Å². The van der Waals surface area contributed by atoms with Crippen molar-refractivity contribution in [3.8, 4) is 0 Å². The van der Waals surface area contributed by atoms with E-state index in [1.807, 2.05) is 42.2 Å². The number of aromatic amines is 1. The number of thioether (sulfide) groups is 1. The zero-order chi connectivity index (χ0) is 15.6. The molecule has 0 spiro atoms. The predicted octanol–water partition coefficient (Wildman–Crippen LogP) is 3.29. The molecule has 5 heteroatoms. The monoisotopic (exact) mass is 330 g/mol. The Labute approximate surface area is 140 Å². The molecule has 2 aromatic rings. The first-order valence-corrected chi connectivity index (χ1v) is 9.55. The van der Waals surface area contributed by atoms with E-state index in [9.17, 15) is 4.79 Å². The standard InChI is InChI=1S/C18H22N2O2S/c21-18(16-5-1-3-13-6-8-19-17(13)16)20(14-7-10-23-12-14)11-15-4-2-9-22-15/h1,3,5-6,8,14-15,19H,2,4,7,9-12H2/t14-,15-/m0/s1. The lowest BCUT2D eigenvalue weighted by Gasteiger charge is -2.31. The second kappa shape index (κ2) is 6.57. The number of aromatic nitrogens is 1. The quantitative estimate of drug-likeness (QED) is 0.935. The number of carbonyl (C=O) groups excluding carboxylic acids is 1. The van der Waals surface area contributed by atoms with Crippen LogP contribution in [-0.2, 0) is 4.74 Å². The third-order valence-corrected chi connectivity index (χ3v) is 5.99. The van der Waals surface area contributed by atoms with Gasteiger partial charge in [-0.05, 0) is 37.1 Å². The number of hydrogen-bond donors (Lipinski definition) is 1. The lowest BCUT2D eigenvalue weighted by Crippen LogP contribution is -2.44. The van der Waals surface area contributed by atoms with Gasteiger partial charge in [-0.1, -0.05) is 12.1 Å². The van der Waals surface area contributed by atoms with E-state index in [0.717, 1.165) is 60.4 Å². The van der Waals surface area contributed by atoms with Gasteiger partial charge in [0.15, 0.2) is 0 Å². The Kier molecular flexibility index (Phi) is 4.31. The summed E-state index contributed by atoms with van der Waals surface area (Å²) in [5, 5.41) is 1.09. The molecule has 1 aromatic heterocycles. The molecule has 4 nitrogen and oxygen atoms in total. The third-order valence-electron chi connectivity index (χ3n) is 4.85. The molecule has 0 unspecified atom stereocenters. The van der Waals surface area contributed by atoms with E-state index in [-0.39, 0.29) is 12.0 Å². The van der Waals surface area contributed by atoms with Gasteiger partial charge in [0.25, 0.3) is 5.91 Å². The summed E-state index contributed by atoms with van der Waals surface area (Å²) in [6, 6.07) is 8.30. The molecule has 0 bridgehead atoms. The van der Waals surface area contributed by atoms with Gasteiger partial charge in [0.05, 0.1) is 17.2 Å². The minimum Gasteiger partial charge on any atom is -0.376 e. The average molecular weight is 330 g/mol. The molecule has 2 atom stereocenters. The predicted molar refractivity (Wildman–Crippen MR) is 94.0 cm³/mol. The number of fused-ring (bicyclic) bond motifs is 1. The fourth-order valence-electron chi connectivity index (χ4n) is 3.59. The van der Waals surface area contributed by atoms with E-state index in [4.69, 9.17) is 4.74 Å². The van der Waals surface area contributed by atoms with Gasteiger partial charge in [-0.3, -0.25) is 4.79 Å². The van der Waals surface area contributed by atoms with Crippen LogP contribution in [0.25, 0.3) is 10.9 Å². The molecule has 1 amide bonds. The maximum atomic E-state index is 13.3. The van der Waals surface area contributed by atoms with Gasteiger partial charge < -0.3 is 14.6 Å². The summed E-state index contributed by atoms with van der Waals surface area (Å²) < 4.78 is 5.79. The van der Waals surface area contributed by atoms with Crippen LogP contribution in [0.4, 0.5) is 0 Å². The van der Waals surface area contributed by atoms with Crippen molar-refractivity contribution in [1.29, 1.82) is 0 Å². The number of hydrogen-bond acceptors (Lipinski definition) is 3. The molecule has 0 aliphatic carbocycles. The first kappa shape index (κ1) is 15.1. The smallest absolute Gasteiger partial charge is 0.256 e. The minimum atomic E-state index is 0.140. The van der Waals surface area contributed by atoms with Crippen molar-refractivity contribution in [3.63, 3.8) is 0 Å². The van der Waals surface area contributed by atoms with E-state index in [2.05, 4.69) is 9.88 Å². The Hall–Kier alpha value is -1.46. The van der Waals surface area contributed by atoms with E-state index in [1.54, 1.807) is 0 Å². The SMILES string of the molecule is O=C(c1cccc2cc[nH]c12)N(C[C@@H]1CCCO1)[C@H]1CCSC1. The normalized spacial score (nSPS) is 24.3. The highest BCUT2D eigenvalue weighted by molar-refractivity contribution is 7.99. The number of benzene rings is 1. The average Bonchev–Trinajstić information content (AvgIpc) is 3.33. The van der Waals surface area contributed by atoms with E-state index in [1.165, 1.54) is 0 Å². The summed E-state index contributed by atoms with van der Waals surface area (Å²) in [5.41, 5.74) is 1.72. The molecule has 4 rings (SSSR count). The summed E-state index contributed by atoms with van der Waals surface area (Å²) in [6.45, 7) is 1.56. The van der Waals surface area contributed by atoms with Gasteiger partial charge >= 0.3 is 0 Å². The van der Waals surface area contributed by atoms with Crippen LogP contribution in [0.3, 0.4) is 0 Å². The minimum absolute atomic E-state index is 0.140. The second-order valence-electron chi connectivity index (χ2n) is 6.36. The van der Waals surface area contributed by atoms with Gasteiger partial charge in [0, 0.05) is 36.5 Å². The van der Waals surface area contributed by atoms with Crippen LogP contribution in [0, 0.1) is 0 Å². The Bertz CT molecular complexity index is 687. The summed E-state index contributed by atoms with van der Waals surface area (Å²) in [7, 11) is 0. The highest BCUT2D eigenvalue weighted by atomic mass is 32.2. The first-order chi connectivity index (χ1) is 11.3. The Balaban J connectivity index is 1.64. The molecular weight excluding hydrogens is 308 g/mol. The van der Waals surface area contributed by atoms with Crippen molar-refractivity contribution in [2.24, 2.45) is 0 Å². The lowest BCUT2D eigenvalue weighted by molar-refractivity contribution is 0.0443. The Morgan fingerprint density at radius 3 is 3.09 bits per heavy atom. The van der Waals surface area contributed by atoms with Crippen molar-refractivity contribution in [1.82, 2.24) is 9.88 Å². The summed E-state index contributed by atoms with van der Waals surface area (Å²) in [4.78, 5) is 18.6. The molecule has 2 fully saturated rings.